The Morgan fingerprint density at radius 2 is 1.95 bits per heavy atom. The molecule has 1 aliphatic rings. The fourth-order valence-electron chi connectivity index (χ4n) is 2.44. The van der Waals surface area contributed by atoms with Gasteiger partial charge in [-0.25, -0.2) is 4.39 Å². The van der Waals surface area contributed by atoms with Crippen molar-refractivity contribution in [1.82, 2.24) is 5.32 Å². The van der Waals surface area contributed by atoms with E-state index in [0.29, 0.717) is 6.42 Å². The van der Waals surface area contributed by atoms with Crippen LogP contribution in [-0.4, -0.2) is 23.9 Å². The fraction of sp³-hybridized carbons (Fsp3) is 0.467. The average molecular weight is 278 g/mol. The second kappa shape index (κ2) is 5.61. The van der Waals surface area contributed by atoms with Crippen molar-refractivity contribution in [2.45, 2.75) is 39.3 Å². The highest BCUT2D eigenvalue weighted by Crippen LogP contribution is 2.25. The topological polar surface area (TPSA) is 49.4 Å². The molecule has 4 nitrogen and oxygen atoms in total. The average Bonchev–Trinajstić information content (AvgIpc) is 2.38. The van der Waals surface area contributed by atoms with Crippen molar-refractivity contribution in [3.05, 3.63) is 30.1 Å². The number of hydrogen-bond donors (Lipinski definition) is 1. The molecule has 0 saturated carbocycles. The third-order valence-corrected chi connectivity index (χ3v) is 3.44. The number of benzene rings is 1. The minimum atomic E-state index is -0.706. The van der Waals surface area contributed by atoms with Crippen molar-refractivity contribution < 1.29 is 14.0 Å². The number of para-hydroxylation sites is 1. The molecule has 5 heteroatoms. The third-order valence-electron chi connectivity index (χ3n) is 3.44. The van der Waals surface area contributed by atoms with Crippen LogP contribution in [0.15, 0.2) is 24.3 Å². The van der Waals surface area contributed by atoms with Gasteiger partial charge in [0.1, 0.15) is 17.9 Å². The maximum atomic E-state index is 13.9. The number of carbonyl (C=O) groups is 2. The summed E-state index contributed by atoms with van der Waals surface area (Å²) in [5, 5.41) is 2.71. The van der Waals surface area contributed by atoms with Crippen LogP contribution in [0, 0.1) is 11.7 Å². The van der Waals surface area contributed by atoms with E-state index >= 15 is 0 Å². The van der Waals surface area contributed by atoms with Gasteiger partial charge in [0.15, 0.2) is 0 Å². The van der Waals surface area contributed by atoms with Gasteiger partial charge < -0.3 is 5.32 Å². The first kappa shape index (κ1) is 14.5. The molecular weight excluding hydrogens is 259 g/mol. The first-order chi connectivity index (χ1) is 9.41. The Hall–Kier alpha value is -1.91. The molecule has 108 valence electrons. The Labute approximate surface area is 118 Å². The number of rotatable bonds is 3. The highest BCUT2D eigenvalue weighted by atomic mass is 19.1. The van der Waals surface area contributed by atoms with Crippen molar-refractivity contribution in [3.8, 4) is 0 Å². The smallest absolute Gasteiger partial charge is 0.250 e. The van der Waals surface area contributed by atoms with Crippen LogP contribution in [0.4, 0.5) is 10.1 Å². The van der Waals surface area contributed by atoms with Crippen LogP contribution in [-0.2, 0) is 9.59 Å². The van der Waals surface area contributed by atoms with Crippen molar-refractivity contribution in [3.63, 3.8) is 0 Å². The molecule has 0 spiro atoms. The van der Waals surface area contributed by atoms with Crippen LogP contribution in [0.2, 0.25) is 0 Å². The van der Waals surface area contributed by atoms with Crippen LogP contribution in [0.3, 0.4) is 0 Å². The zero-order valence-electron chi connectivity index (χ0n) is 11.9. The number of amides is 2. The highest BCUT2D eigenvalue weighted by Gasteiger charge is 2.39. The standard InChI is InChI=1S/C15H19FN2O2/c1-9(2)8-12-15(20)18(10(3)14(19)17-12)13-7-5-4-6-11(13)16/h4-7,9-10,12H,8H2,1-3H3,(H,17,19). The molecule has 0 aliphatic carbocycles. The number of carbonyl (C=O) groups excluding carboxylic acids is 2. The second-order valence-corrected chi connectivity index (χ2v) is 5.53. The zero-order chi connectivity index (χ0) is 14.9. The molecule has 2 rings (SSSR count). The largest absolute Gasteiger partial charge is 0.342 e. The van der Waals surface area contributed by atoms with E-state index in [1.165, 1.54) is 17.0 Å². The maximum absolute atomic E-state index is 13.9. The minimum Gasteiger partial charge on any atom is -0.342 e. The molecule has 2 amide bonds. The lowest BCUT2D eigenvalue weighted by molar-refractivity contribution is -0.133. The third kappa shape index (κ3) is 2.66. The first-order valence-corrected chi connectivity index (χ1v) is 6.79. The Balaban J connectivity index is 2.36. The summed E-state index contributed by atoms with van der Waals surface area (Å²) in [7, 11) is 0. The molecule has 1 fully saturated rings. The van der Waals surface area contributed by atoms with Crippen molar-refractivity contribution in [2.75, 3.05) is 4.90 Å². The summed E-state index contributed by atoms with van der Waals surface area (Å²) >= 11 is 0. The monoisotopic (exact) mass is 278 g/mol. The summed E-state index contributed by atoms with van der Waals surface area (Å²) in [6, 6.07) is 4.74. The quantitative estimate of drug-likeness (QED) is 0.920. The van der Waals surface area contributed by atoms with E-state index in [-0.39, 0.29) is 23.4 Å². The van der Waals surface area contributed by atoms with E-state index in [1.807, 2.05) is 13.8 Å². The SMILES string of the molecule is CC(C)CC1NC(=O)C(C)N(c2ccccc2F)C1=O. The van der Waals surface area contributed by atoms with E-state index in [0.717, 1.165) is 0 Å². The number of anilines is 1. The summed E-state index contributed by atoms with van der Waals surface area (Å²) in [4.78, 5) is 25.8. The fourth-order valence-corrected chi connectivity index (χ4v) is 2.44. The predicted octanol–water partition coefficient (Wildman–Crippen LogP) is 2.09. The molecule has 1 aromatic rings. The van der Waals surface area contributed by atoms with E-state index in [2.05, 4.69) is 5.32 Å². The zero-order valence-corrected chi connectivity index (χ0v) is 11.9. The number of nitrogens with one attached hydrogen (secondary N) is 1. The number of hydrogen-bond acceptors (Lipinski definition) is 2. The van der Waals surface area contributed by atoms with Crippen molar-refractivity contribution in [2.24, 2.45) is 5.92 Å². The summed E-state index contributed by atoms with van der Waals surface area (Å²) in [5.74, 6) is -0.736. The second-order valence-electron chi connectivity index (χ2n) is 5.53. The van der Waals surface area contributed by atoms with Gasteiger partial charge in [-0.15, -0.1) is 0 Å². The van der Waals surface area contributed by atoms with Gasteiger partial charge in [-0.05, 0) is 31.4 Å². The summed E-state index contributed by atoms with van der Waals surface area (Å²) in [6.07, 6.45) is 0.544. The minimum absolute atomic E-state index is 0.161. The van der Waals surface area contributed by atoms with Gasteiger partial charge in [0.05, 0.1) is 5.69 Å². The lowest BCUT2D eigenvalue weighted by Gasteiger charge is -2.38. The number of nitrogens with zero attached hydrogens (tertiary/aromatic N) is 1. The van der Waals surface area contributed by atoms with Gasteiger partial charge >= 0.3 is 0 Å². The Morgan fingerprint density at radius 3 is 2.55 bits per heavy atom. The molecule has 1 heterocycles. The Bertz CT molecular complexity index is 530. The van der Waals surface area contributed by atoms with Gasteiger partial charge in [-0.3, -0.25) is 14.5 Å². The maximum Gasteiger partial charge on any atom is 0.250 e. The molecule has 0 aromatic heterocycles. The van der Waals surface area contributed by atoms with Gasteiger partial charge in [-0.2, -0.15) is 0 Å². The van der Waals surface area contributed by atoms with E-state index in [9.17, 15) is 14.0 Å². The molecule has 1 saturated heterocycles. The molecule has 0 bridgehead atoms. The van der Waals surface area contributed by atoms with Gasteiger partial charge in [0.25, 0.3) is 0 Å². The molecule has 2 unspecified atom stereocenters. The van der Waals surface area contributed by atoms with Crippen LogP contribution in [0.25, 0.3) is 0 Å². The Morgan fingerprint density at radius 1 is 1.30 bits per heavy atom. The summed E-state index contributed by atoms with van der Waals surface area (Å²) in [6.45, 7) is 5.56. The van der Waals surface area contributed by atoms with Crippen molar-refractivity contribution in [1.29, 1.82) is 0 Å². The van der Waals surface area contributed by atoms with Crippen LogP contribution < -0.4 is 10.2 Å². The highest BCUT2D eigenvalue weighted by molar-refractivity contribution is 6.08. The molecule has 20 heavy (non-hydrogen) atoms. The predicted molar refractivity (Wildman–Crippen MR) is 74.7 cm³/mol. The molecule has 1 N–H and O–H groups in total. The number of piperazine rings is 1. The van der Waals surface area contributed by atoms with Gasteiger partial charge in [-0.1, -0.05) is 26.0 Å². The molecule has 2 atom stereocenters. The normalized spacial score (nSPS) is 23.1. The molecule has 0 radical (unpaired) electrons. The van der Waals surface area contributed by atoms with Crippen molar-refractivity contribution >= 4 is 17.5 Å². The number of halogens is 1. The van der Waals surface area contributed by atoms with Crippen LogP contribution in [0.5, 0.6) is 0 Å². The summed E-state index contributed by atoms with van der Waals surface area (Å²) < 4.78 is 13.9. The van der Waals surface area contributed by atoms with E-state index in [1.54, 1.807) is 19.1 Å². The lowest BCUT2D eigenvalue weighted by atomic mass is 9.98. The van der Waals surface area contributed by atoms with Crippen LogP contribution >= 0.6 is 0 Å². The van der Waals surface area contributed by atoms with E-state index < -0.39 is 17.9 Å². The Kier molecular flexibility index (Phi) is 4.06. The lowest BCUT2D eigenvalue weighted by Crippen LogP contribution is -2.63. The van der Waals surface area contributed by atoms with Crippen LogP contribution in [0.1, 0.15) is 27.2 Å². The molecule has 1 aromatic carbocycles. The van der Waals surface area contributed by atoms with Gasteiger partial charge in [0.2, 0.25) is 11.8 Å². The summed E-state index contributed by atoms with van der Waals surface area (Å²) in [5.41, 5.74) is 0.161. The van der Waals surface area contributed by atoms with E-state index in [4.69, 9.17) is 0 Å². The van der Waals surface area contributed by atoms with Gasteiger partial charge in [0, 0.05) is 0 Å². The first-order valence-electron chi connectivity index (χ1n) is 6.79. The molecule has 1 aliphatic heterocycles. The molecular formula is C15H19FN2O2.